The number of amides is 2. The van der Waals surface area contributed by atoms with Crippen molar-refractivity contribution in [2.45, 2.75) is 45.2 Å². The van der Waals surface area contributed by atoms with E-state index in [0.717, 1.165) is 0 Å². The van der Waals surface area contributed by atoms with Crippen molar-refractivity contribution >= 4 is 18.0 Å². The largest absolute Gasteiger partial charge is 0.481 e. The molecule has 7 heteroatoms. The number of carbonyl (C=O) groups excluding carboxylic acids is 1. The van der Waals surface area contributed by atoms with Crippen molar-refractivity contribution in [3.05, 3.63) is 12.7 Å². The van der Waals surface area contributed by atoms with Gasteiger partial charge in [-0.15, -0.1) is 6.58 Å². The van der Waals surface area contributed by atoms with Crippen LogP contribution in [0.5, 0.6) is 0 Å². The minimum atomic E-state index is -1.17. The second-order valence-electron chi connectivity index (χ2n) is 4.66. The first-order valence-electron chi connectivity index (χ1n) is 6.42. The number of aliphatic carboxylic acids is 2. The van der Waals surface area contributed by atoms with E-state index in [1.165, 1.54) is 4.90 Å². The summed E-state index contributed by atoms with van der Waals surface area (Å²) in [4.78, 5) is 34.9. The van der Waals surface area contributed by atoms with Crippen molar-refractivity contribution in [3.8, 4) is 0 Å². The van der Waals surface area contributed by atoms with Crippen molar-refractivity contribution in [1.29, 1.82) is 0 Å². The second-order valence-corrected chi connectivity index (χ2v) is 4.66. The first-order chi connectivity index (χ1) is 9.29. The van der Waals surface area contributed by atoms with Crippen LogP contribution in [0.25, 0.3) is 0 Å². The fraction of sp³-hybridized carbons (Fsp3) is 0.615. The molecule has 0 aromatic heterocycles. The Morgan fingerprint density at radius 2 is 1.90 bits per heavy atom. The molecule has 0 heterocycles. The van der Waals surface area contributed by atoms with Crippen molar-refractivity contribution in [2.75, 3.05) is 6.54 Å². The lowest BCUT2D eigenvalue weighted by Gasteiger charge is -2.27. The lowest BCUT2D eigenvalue weighted by molar-refractivity contribution is -0.140. The summed E-state index contributed by atoms with van der Waals surface area (Å²) in [5.74, 6) is -2.16. The first kappa shape index (κ1) is 17.9. The predicted octanol–water partition coefficient (Wildman–Crippen LogP) is 1.30. The van der Waals surface area contributed by atoms with Crippen LogP contribution in [0.3, 0.4) is 0 Å². The number of nitrogens with zero attached hydrogens (tertiary/aromatic N) is 1. The summed E-state index contributed by atoms with van der Waals surface area (Å²) >= 11 is 0. The highest BCUT2D eigenvalue weighted by atomic mass is 16.4. The summed E-state index contributed by atoms with van der Waals surface area (Å²) in [5, 5.41) is 20.0. The maximum atomic E-state index is 12.0. The van der Waals surface area contributed by atoms with Crippen LogP contribution in [-0.4, -0.2) is 51.7 Å². The molecule has 20 heavy (non-hydrogen) atoms. The summed E-state index contributed by atoms with van der Waals surface area (Å²) in [7, 11) is 0. The highest BCUT2D eigenvalue weighted by Crippen LogP contribution is 2.05. The molecule has 7 nitrogen and oxygen atoms in total. The van der Waals surface area contributed by atoms with Gasteiger partial charge in [0.25, 0.3) is 0 Å². The third-order valence-corrected chi connectivity index (χ3v) is 2.69. The highest BCUT2D eigenvalue weighted by molar-refractivity contribution is 5.82. The highest BCUT2D eigenvalue weighted by Gasteiger charge is 2.23. The Labute approximate surface area is 118 Å². The molecule has 0 aromatic carbocycles. The van der Waals surface area contributed by atoms with Gasteiger partial charge < -0.3 is 20.4 Å². The van der Waals surface area contributed by atoms with Crippen molar-refractivity contribution in [1.82, 2.24) is 10.2 Å². The van der Waals surface area contributed by atoms with Gasteiger partial charge in [0, 0.05) is 19.0 Å². The van der Waals surface area contributed by atoms with Crippen molar-refractivity contribution in [3.63, 3.8) is 0 Å². The molecule has 1 atom stereocenters. The van der Waals surface area contributed by atoms with Gasteiger partial charge in [-0.2, -0.15) is 0 Å². The first-order valence-corrected chi connectivity index (χ1v) is 6.42. The average molecular weight is 286 g/mol. The van der Waals surface area contributed by atoms with Gasteiger partial charge in [0.05, 0.1) is 0 Å². The van der Waals surface area contributed by atoms with E-state index in [4.69, 9.17) is 10.2 Å². The van der Waals surface area contributed by atoms with Crippen LogP contribution in [0.15, 0.2) is 12.7 Å². The number of carboxylic acid groups (broad SMARTS) is 2. The molecule has 0 radical (unpaired) electrons. The van der Waals surface area contributed by atoms with Crippen LogP contribution >= 0.6 is 0 Å². The van der Waals surface area contributed by atoms with Crippen LogP contribution in [0, 0.1) is 0 Å². The SMILES string of the molecule is C=CCN(C(=O)N[C@H](CCCC(=O)O)C(=O)O)C(C)C. The van der Waals surface area contributed by atoms with Crippen LogP contribution in [-0.2, 0) is 9.59 Å². The minimum Gasteiger partial charge on any atom is -0.481 e. The number of carboxylic acids is 2. The van der Waals surface area contributed by atoms with E-state index in [-0.39, 0.29) is 25.3 Å². The van der Waals surface area contributed by atoms with E-state index in [1.54, 1.807) is 6.08 Å². The lowest BCUT2D eigenvalue weighted by atomic mass is 10.1. The molecule has 0 aliphatic rings. The summed E-state index contributed by atoms with van der Waals surface area (Å²) in [5.41, 5.74) is 0. The molecular formula is C13H22N2O5. The molecule has 0 aliphatic heterocycles. The lowest BCUT2D eigenvalue weighted by Crippen LogP contribution is -2.50. The number of urea groups is 1. The monoisotopic (exact) mass is 286 g/mol. The standard InChI is InChI=1S/C13H22N2O5/c1-4-8-15(9(2)3)13(20)14-10(12(18)19)6-5-7-11(16)17/h4,9-10H,1,5-8H2,2-3H3,(H,14,20)(H,16,17)(H,18,19)/t10-/m1/s1. The van der Waals surface area contributed by atoms with Gasteiger partial charge in [-0.1, -0.05) is 6.08 Å². The zero-order chi connectivity index (χ0) is 15.7. The molecule has 3 N–H and O–H groups in total. The Hall–Kier alpha value is -2.05. The molecule has 2 amide bonds. The summed E-state index contributed by atoms with van der Waals surface area (Å²) in [6.45, 7) is 7.47. The van der Waals surface area contributed by atoms with E-state index < -0.39 is 24.0 Å². The van der Waals surface area contributed by atoms with Gasteiger partial charge in [-0.05, 0) is 26.7 Å². The number of hydrogen-bond acceptors (Lipinski definition) is 3. The summed E-state index contributed by atoms with van der Waals surface area (Å²) in [6.07, 6.45) is 1.70. The predicted molar refractivity (Wildman–Crippen MR) is 73.5 cm³/mol. The molecule has 114 valence electrons. The van der Waals surface area contributed by atoms with Crippen LogP contribution in [0.4, 0.5) is 4.79 Å². The average Bonchev–Trinajstić information content (AvgIpc) is 2.33. The Morgan fingerprint density at radius 3 is 2.30 bits per heavy atom. The second kappa shape index (κ2) is 8.95. The van der Waals surface area contributed by atoms with Crippen LogP contribution < -0.4 is 5.32 Å². The zero-order valence-corrected chi connectivity index (χ0v) is 11.8. The smallest absolute Gasteiger partial charge is 0.326 e. The molecule has 0 bridgehead atoms. The summed E-state index contributed by atoms with van der Waals surface area (Å²) < 4.78 is 0. The van der Waals surface area contributed by atoms with Crippen molar-refractivity contribution < 1.29 is 24.6 Å². The normalized spacial score (nSPS) is 11.8. The fourth-order valence-electron chi connectivity index (χ4n) is 1.61. The maximum absolute atomic E-state index is 12.0. The quantitative estimate of drug-likeness (QED) is 0.554. The third-order valence-electron chi connectivity index (χ3n) is 2.69. The molecule has 0 aliphatic carbocycles. The molecule has 0 spiro atoms. The molecule has 0 rings (SSSR count). The van der Waals surface area contributed by atoms with Gasteiger partial charge in [0.1, 0.15) is 6.04 Å². The molecule has 0 saturated heterocycles. The number of carbonyl (C=O) groups is 3. The van der Waals surface area contributed by atoms with Crippen LogP contribution in [0.2, 0.25) is 0 Å². The van der Waals surface area contributed by atoms with Gasteiger partial charge in [-0.3, -0.25) is 4.79 Å². The fourth-order valence-corrected chi connectivity index (χ4v) is 1.61. The molecule has 0 saturated carbocycles. The number of hydrogen-bond donors (Lipinski definition) is 3. The van der Waals surface area contributed by atoms with Gasteiger partial charge in [0.15, 0.2) is 0 Å². The third kappa shape index (κ3) is 6.77. The Bertz CT molecular complexity index is 368. The van der Waals surface area contributed by atoms with Gasteiger partial charge in [0.2, 0.25) is 0 Å². The Kier molecular flexibility index (Phi) is 8.03. The molecule has 0 aromatic rings. The zero-order valence-electron chi connectivity index (χ0n) is 11.8. The van der Waals surface area contributed by atoms with Crippen LogP contribution in [0.1, 0.15) is 33.1 Å². The maximum Gasteiger partial charge on any atom is 0.326 e. The molecule has 0 fully saturated rings. The molecule has 0 unspecified atom stereocenters. The topological polar surface area (TPSA) is 107 Å². The van der Waals surface area contributed by atoms with E-state index >= 15 is 0 Å². The Morgan fingerprint density at radius 1 is 1.30 bits per heavy atom. The minimum absolute atomic E-state index is 0.0768. The number of rotatable bonds is 9. The number of nitrogens with one attached hydrogen (secondary N) is 1. The van der Waals surface area contributed by atoms with E-state index in [9.17, 15) is 14.4 Å². The Balaban J connectivity index is 4.56. The van der Waals surface area contributed by atoms with E-state index in [1.807, 2.05) is 13.8 Å². The van der Waals surface area contributed by atoms with Gasteiger partial charge >= 0.3 is 18.0 Å². The van der Waals surface area contributed by atoms with E-state index in [0.29, 0.717) is 6.54 Å². The van der Waals surface area contributed by atoms with E-state index in [2.05, 4.69) is 11.9 Å². The molecular weight excluding hydrogens is 264 g/mol. The van der Waals surface area contributed by atoms with Gasteiger partial charge in [-0.25, -0.2) is 9.59 Å². The summed E-state index contributed by atoms with van der Waals surface area (Å²) in [6, 6.07) is -1.68. The van der Waals surface area contributed by atoms with Crippen molar-refractivity contribution in [2.24, 2.45) is 0 Å².